The van der Waals surface area contributed by atoms with E-state index in [0.29, 0.717) is 12.2 Å². The molecule has 0 atom stereocenters. The van der Waals surface area contributed by atoms with Crippen LogP contribution in [0.1, 0.15) is 12.7 Å². The molecule has 0 unspecified atom stereocenters. The first-order chi connectivity index (χ1) is 8.45. The Hall–Kier alpha value is -1.45. The molecule has 102 valence electrons. The van der Waals surface area contributed by atoms with Crippen LogP contribution in [0.3, 0.4) is 0 Å². The Kier molecular flexibility index (Phi) is 5.25. The van der Waals surface area contributed by atoms with E-state index in [1.54, 1.807) is 0 Å². The second-order valence-electron chi connectivity index (χ2n) is 3.39. The van der Waals surface area contributed by atoms with Crippen molar-refractivity contribution in [2.45, 2.75) is 18.4 Å². The molecule has 9 heteroatoms. The Bertz CT molecular complexity index is 496. The third kappa shape index (κ3) is 4.43. The first-order valence-corrected chi connectivity index (χ1v) is 6.77. The van der Waals surface area contributed by atoms with Crippen LogP contribution in [0.15, 0.2) is 11.2 Å². The molecule has 0 saturated carbocycles. The van der Waals surface area contributed by atoms with E-state index in [1.165, 1.54) is 6.20 Å². The number of imidazole rings is 1. The lowest BCUT2D eigenvalue weighted by molar-refractivity contribution is -0.142. The molecule has 1 aromatic rings. The van der Waals surface area contributed by atoms with Crippen LogP contribution >= 0.6 is 0 Å². The van der Waals surface area contributed by atoms with Gasteiger partial charge in [-0.15, -0.1) is 0 Å². The van der Waals surface area contributed by atoms with Gasteiger partial charge in [0.25, 0.3) is 10.0 Å². The van der Waals surface area contributed by atoms with Crippen molar-refractivity contribution in [2.75, 3.05) is 19.8 Å². The van der Waals surface area contributed by atoms with Crippen molar-refractivity contribution >= 4 is 16.0 Å². The smallest absolute Gasteiger partial charge is 0.329 e. The van der Waals surface area contributed by atoms with Gasteiger partial charge in [-0.3, -0.25) is 0 Å². The van der Waals surface area contributed by atoms with Crippen LogP contribution in [0.4, 0.5) is 0 Å². The maximum atomic E-state index is 11.7. The molecule has 18 heavy (non-hydrogen) atoms. The number of nitrogens with zero attached hydrogens (tertiary/aromatic N) is 1. The summed E-state index contributed by atoms with van der Waals surface area (Å²) in [5.41, 5.74) is 0. The predicted molar refractivity (Wildman–Crippen MR) is 61.6 cm³/mol. The molecular formula is C9H15N3O5S. The number of nitrogens with one attached hydrogen (secondary N) is 2. The van der Waals surface area contributed by atoms with E-state index >= 15 is 0 Å². The number of hydrogen-bond acceptors (Lipinski definition) is 5. The summed E-state index contributed by atoms with van der Waals surface area (Å²) in [6, 6.07) is 0. The lowest BCUT2D eigenvalue weighted by Crippen LogP contribution is -2.28. The third-order valence-corrected chi connectivity index (χ3v) is 3.36. The molecular weight excluding hydrogens is 262 g/mol. The number of carbonyl (C=O) groups is 1. The Balaban J connectivity index is 2.42. The molecule has 0 amide bonds. The second-order valence-corrected chi connectivity index (χ2v) is 5.13. The van der Waals surface area contributed by atoms with E-state index < -0.39 is 22.6 Å². The van der Waals surface area contributed by atoms with Gasteiger partial charge in [0.15, 0.2) is 5.03 Å². The lowest BCUT2D eigenvalue weighted by Gasteiger charge is -2.04. The number of carboxylic acid groups (broad SMARTS) is 1. The van der Waals surface area contributed by atoms with Crippen LogP contribution < -0.4 is 4.72 Å². The number of sulfonamides is 1. The molecule has 1 heterocycles. The summed E-state index contributed by atoms with van der Waals surface area (Å²) in [6.07, 6.45) is 1.84. The topological polar surface area (TPSA) is 121 Å². The van der Waals surface area contributed by atoms with Gasteiger partial charge in [-0.05, 0) is 0 Å². The summed E-state index contributed by atoms with van der Waals surface area (Å²) in [5, 5.41) is 8.29. The molecule has 0 aliphatic carbocycles. The highest BCUT2D eigenvalue weighted by atomic mass is 32.2. The summed E-state index contributed by atoms with van der Waals surface area (Å²) in [5.74, 6) is -0.517. The molecule has 0 radical (unpaired) electrons. The Labute approximate surface area is 104 Å². The minimum Gasteiger partial charge on any atom is -0.480 e. The molecule has 1 aromatic heterocycles. The summed E-state index contributed by atoms with van der Waals surface area (Å²) < 4.78 is 30.4. The standard InChI is InChI=1S/C9H15N3O5S/c1-2-7-10-5-8(12-7)18(15,16)11-3-4-17-6-9(13)14/h5,11H,2-4,6H2,1H3,(H,10,12)(H,13,14). The van der Waals surface area contributed by atoms with E-state index in [-0.39, 0.29) is 18.2 Å². The van der Waals surface area contributed by atoms with Gasteiger partial charge < -0.3 is 14.8 Å². The number of H-pyrrole nitrogens is 1. The van der Waals surface area contributed by atoms with Crippen molar-refractivity contribution in [3.8, 4) is 0 Å². The zero-order valence-corrected chi connectivity index (χ0v) is 10.7. The third-order valence-electron chi connectivity index (χ3n) is 1.99. The summed E-state index contributed by atoms with van der Waals surface area (Å²) >= 11 is 0. The molecule has 0 bridgehead atoms. The highest BCUT2D eigenvalue weighted by molar-refractivity contribution is 7.89. The molecule has 0 aliphatic rings. The molecule has 1 rings (SSSR count). The highest BCUT2D eigenvalue weighted by Gasteiger charge is 2.16. The van der Waals surface area contributed by atoms with E-state index in [2.05, 4.69) is 14.7 Å². The molecule has 3 N–H and O–H groups in total. The van der Waals surface area contributed by atoms with Crippen LogP contribution in [0.2, 0.25) is 0 Å². The summed E-state index contributed by atoms with van der Waals surface area (Å²) in [6.45, 7) is 1.38. The van der Waals surface area contributed by atoms with Gasteiger partial charge in [-0.2, -0.15) is 0 Å². The zero-order chi connectivity index (χ0) is 13.6. The van der Waals surface area contributed by atoms with Gasteiger partial charge >= 0.3 is 5.97 Å². The molecule has 8 nitrogen and oxygen atoms in total. The van der Waals surface area contributed by atoms with Crippen LogP contribution in [0.25, 0.3) is 0 Å². The van der Waals surface area contributed by atoms with Gasteiger partial charge in [0, 0.05) is 13.0 Å². The average molecular weight is 277 g/mol. The maximum absolute atomic E-state index is 11.7. The van der Waals surface area contributed by atoms with Crippen molar-refractivity contribution in [1.29, 1.82) is 0 Å². The fourth-order valence-electron chi connectivity index (χ4n) is 1.14. The number of ether oxygens (including phenoxy) is 1. The van der Waals surface area contributed by atoms with Crippen LogP contribution in [0.5, 0.6) is 0 Å². The average Bonchev–Trinajstić information content (AvgIpc) is 2.77. The van der Waals surface area contributed by atoms with E-state index in [4.69, 9.17) is 9.84 Å². The van der Waals surface area contributed by atoms with Crippen molar-refractivity contribution in [2.24, 2.45) is 0 Å². The minimum atomic E-state index is -3.65. The normalized spacial score (nSPS) is 11.6. The van der Waals surface area contributed by atoms with E-state index in [0.717, 1.165) is 0 Å². The Morgan fingerprint density at radius 2 is 2.33 bits per heavy atom. The van der Waals surface area contributed by atoms with Crippen molar-refractivity contribution in [3.63, 3.8) is 0 Å². The first-order valence-electron chi connectivity index (χ1n) is 5.28. The Morgan fingerprint density at radius 1 is 1.61 bits per heavy atom. The number of hydrogen-bond donors (Lipinski definition) is 3. The molecule has 0 spiro atoms. The minimum absolute atomic E-state index is 0.00388. The second kappa shape index (κ2) is 6.47. The van der Waals surface area contributed by atoms with Crippen molar-refractivity contribution in [1.82, 2.24) is 14.7 Å². The first kappa shape index (κ1) is 14.6. The van der Waals surface area contributed by atoms with Crippen molar-refractivity contribution in [3.05, 3.63) is 12.0 Å². The quantitative estimate of drug-likeness (QED) is 0.543. The van der Waals surface area contributed by atoms with Gasteiger partial charge in [0.05, 0.1) is 12.8 Å². The van der Waals surface area contributed by atoms with Gasteiger partial charge in [-0.1, -0.05) is 6.92 Å². The molecule has 0 aromatic carbocycles. The largest absolute Gasteiger partial charge is 0.480 e. The van der Waals surface area contributed by atoms with E-state index in [1.807, 2.05) is 6.92 Å². The Morgan fingerprint density at radius 3 is 2.89 bits per heavy atom. The number of carboxylic acids is 1. The molecule has 0 saturated heterocycles. The number of aromatic amines is 1. The van der Waals surface area contributed by atoms with Crippen LogP contribution in [-0.2, 0) is 26.0 Å². The maximum Gasteiger partial charge on any atom is 0.329 e. The fraction of sp³-hybridized carbons (Fsp3) is 0.556. The highest BCUT2D eigenvalue weighted by Crippen LogP contribution is 2.05. The van der Waals surface area contributed by atoms with Gasteiger partial charge in [0.1, 0.15) is 12.4 Å². The number of aromatic nitrogens is 2. The zero-order valence-electron chi connectivity index (χ0n) is 9.84. The molecule has 0 aliphatic heterocycles. The summed E-state index contributed by atoms with van der Waals surface area (Å²) in [4.78, 5) is 16.7. The molecule has 0 fully saturated rings. The van der Waals surface area contributed by atoms with Crippen LogP contribution in [0, 0.1) is 0 Å². The SMILES string of the molecule is CCc1ncc(S(=O)(=O)NCCOCC(=O)O)[nH]1. The van der Waals surface area contributed by atoms with Crippen LogP contribution in [-0.4, -0.2) is 49.2 Å². The predicted octanol–water partition coefficient (Wildman–Crippen LogP) is -0.648. The fourth-order valence-corrected chi connectivity index (χ4v) is 2.10. The number of aryl methyl sites for hydroxylation is 1. The van der Waals surface area contributed by atoms with Gasteiger partial charge in [0.2, 0.25) is 0 Å². The number of aliphatic carboxylic acids is 1. The summed E-state index contributed by atoms with van der Waals surface area (Å²) in [7, 11) is -3.65. The van der Waals surface area contributed by atoms with Crippen molar-refractivity contribution < 1.29 is 23.1 Å². The lowest BCUT2D eigenvalue weighted by atomic mass is 10.5. The monoisotopic (exact) mass is 277 g/mol. The van der Waals surface area contributed by atoms with Gasteiger partial charge in [-0.25, -0.2) is 22.9 Å². The van der Waals surface area contributed by atoms with E-state index in [9.17, 15) is 13.2 Å². The number of rotatable bonds is 8.